The summed E-state index contributed by atoms with van der Waals surface area (Å²) in [5.74, 6) is -0.329. The molecule has 0 aromatic rings. The quantitative estimate of drug-likeness (QED) is 0.676. The fourth-order valence-corrected chi connectivity index (χ4v) is 1.94. The number of aliphatic carboxylic acids is 1. The molecule has 1 aliphatic carbocycles. The zero-order valence-electron chi connectivity index (χ0n) is 7.95. The van der Waals surface area contributed by atoms with E-state index >= 15 is 0 Å². The van der Waals surface area contributed by atoms with Crippen molar-refractivity contribution in [3.8, 4) is 0 Å². The minimum Gasteiger partial charge on any atom is -0.480 e. The Morgan fingerprint density at radius 3 is 2.85 bits per heavy atom. The number of nitrogens with two attached hydrogens (primary N) is 1. The van der Waals surface area contributed by atoms with Gasteiger partial charge < -0.3 is 15.6 Å². The third-order valence-corrected chi connectivity index (χ3v) is 2.69. The summed E-state index contributed by atoms with van der Waals surface area (Å²) in [6.45, 7) is 2.33. The van der Waals surface area contributed by atoms with Crippen molar-refractivity contribution < 1.29 is 14.6 Å². The lowest BCUT2D eigenvalue weighted by molar-refractivity contribution is -0.149. The summed E-state index contributed by atoms with van der Waals surface area (Å²) in [5, 5.41) is 8.48. The minimum absolute atomic E-state index is 0.232. The Hall–Kier alpha value is -0.610. The van der Waals surface area contributed by atoms with Gasteiger partial charge in [-0.3, -0.25) is 0 Å². The molecular formula is C9H17NO3. The first kappa shape index (κ1) is 10.5. The van der Waals surface area contributed by atoms with Crippen LogP contribution >= 0.6 is 0 Å². The van der Waals surface area contributed by atoms with Gasteiger partial charge in [-0.25, -0.2) is 4.79 Å². The fraction of sp³-hybridized carbons (Fsp3) is 0.889. The summed E-state index contributed by atoms with van der Waals surface area (Å²) in [7, 11) is 0. The SMILES string of the molecule is CC1CCC(CN)(OCC(=O)O)C1. The molecule has 4 heteroatoms. The van der Waals surface area contributed by atoms with Crippen LogP contribution in [0.15, 0.2) is 0 Å². The topological polar surface area (TPSA) is 72.5 Å². The first-order valence-electron chi connectivity index (χ1n) is 4.64. The van der Waals surface area contributed by atoms with Crippen LogP contribution in [0.3, 0.4) is 0 Å². The molecule has 0 heterocycles. The molecule has 76 valence electrons. The maximum absolute atomic E-state index is 10.3. The summed E-state index contributed by atoms with van der Waals surface area (Å²) >= 11 is 0. The zero-order chi connectivity index (χ0) is 9.90. The fourth-order valence-electron chi connectivity index (χ4n) is 1.94. The normalized spacial score (nSPS) is 33.5. The highest BCUT2D eigenvalue weighted by Gasteiger charge is 2.37. The van der Waals surface area contributed by atoms with Crippen molar-refractivity contribution in [3.63, 3.8) is 0 Å². The molecule has 2 unspecified atom stereocenters. The second kappa shape index (κ2) is 4.07. The highest BCUT2D eigenvalue weighted by molar-refractivity contribution is 5.68. The van der Waals surface area contributed by atoms with E-state index in [2.05, 4.69) is 6.92 Å². The lowest BCUT2D eigenvalue weighted by Gasteiger charge is -2.27. The molecule has 0 aromatic heterocycles. The number of carboxylic acids is 1. The van der Waals surface area contributed by atoms with Gasteiger partial charge in [-0.1, -0.05) is 6.92 Å². The van der Waals surface area contributed by atoms with Gasteiger partial charge in [0.15, 0.2) is 0 Å². The first-order chi connectivity index (χ1) is 6.08. The Labute approximate surface area is 78.1 Å². The molecule has 0 radical (unpaired) electrons. The molecular weight excluding hydrogens is 170 g/mol. The molecule has 1 fully saturated rings. The molecule has 0 spiro atoms. The van der Waals surface area contributed by atoms with Crippen LogP contribution in [-0.2, 0) is 9.53 Å². The van der Waals surface area contributed by atoms with E-state index in [1.165, 1.54) is 0 Å². The van der Waals surface area contributed by atoms with Crippen molar-refractivity contribution in [3.05, 3.63) is 0 Å². The molecule has 2 atom stereocenters. The second-order valence-corrected chi connectivity index (χ2v) is 3.92. The van der Waals surface area contributed by atoms with Crippen LogP contribution in [-0.4, -0.2) is 29.8 Å². The van der Waals surface area contributed by atoms with Crippen LogP contribution in [0.5, 0.6) is 0 Å². The van der Waals surface area contributed by atoms with E-state index in [4.69, 9.17) is 15.6 Å². The maximum Gasteiger partial charge on any atom is 0.329 e. The van der Waals surface area contributed by atoms with E-state index in [1.54, 1.807) is 0 Å². The number of carbonyl (C=O) groups is 1. The standard InChI is InChI=1S/C9H17NO3/c1-7-2-3-9(4-7,6-10)13-5-8(11)12/h7H,2-6,10H2,1H3,(H,11,12). The van der Waals surface area contributed by atoms with E-state index in [1.807, 2.05) is 0 Å². The second-order valence-electron chi connectivity index (χ2n) is 3.92. The van der Waals surface area contributed by atoms with Crippen molar-refractivity contribution in [1.82, 2.24) is 0 Å². The number of hydrogen-bond acceptors (Lipinski definition) is 3. The zero-order valence-corrected chi connectivity index (χ0v) is 7.95. The third-order valence-electron chi connectivity index (χ3n) is 2.69. The summed E-state index contributed by atoms with van der Waals surface area (Å²) in [4.78, 5) is 10.3. The van der Waals surface area contributed by atoms with Crippen molar-refractivity contribution in [2.24, 2.45) is 11.7 Å². The van der Waals surface area contributed by atoms with Crippen LogP contribution in [0.1, 0.15) is 26.2 Å². The maximum atomic E-state index is 10.3. The van der Waals surface area contributed by atoms with Crippen molar-refractivity contribution >= 4 is 5.97 Å². The highest BCUT2D eigenvalue weighted by Crippen LogP contribution is 2.36. The summed E-state index contributed by atoms with van der Waals surface area (Å²) in [6.07, 6.45) is 2.85. The van der Waals surface area contributed by atoms with Crippen LogP contribution in [0.2, 0.25) is 0 Å². The van der Waals surface area contributed by atoms with Gasteiger partial charge >= 0.3 is 5.97 Å². The summed E-state index contributed by atoms with van der Waals surface area (Å²) in [6, 6.07) is 0. The van der Waals surface area contributed by atoms with Gasteiger partial charge in [0.25, 0.3) is 0 Å². The number of ether oxygens (including phenoxy) is 1. The molecule has 3 N–H and O–H groups in total. The van der Waals surface area contributed by atoms with Crippen molar-refractivity contribution in [1.29, 1.82) is 0 Å². The van der Waals surface area contributed by atoms with E-state index in [0.717, 1.165) is 19.3 Å². The van der Waals surface area contributed by atoms with Crippen LogP contribution in [0, 0.1) is 5.92 Å². The van der Waals surface area contributed by atoms with Gasteiger partial charge in [-0.2, -0.15) is 0 Å². The van der Waals surface area contributed by atoms with E-state index < -0.39 is 5.97 Å². The highest BCUT2D eigenvalue weighted by atomic mass is 16.5. The van der Waals surface area contributed by atoms with E-state index in [0.29, 0.717) is 12.5 Å². The van der Waals surface area contributed by atoms with Crippen molar-refractivity contribution in [2.45, 2.75) is 31.8 Å². The van der Waals surface area contributed by atoms with Crippen molar-refractivity contribution in [2.75, 3.05) is 13.2 Å². The number of carboxylic acid groups (broad SMARTS) is 1. The molecule has 0 aromatic carbocycles. The molecule has 1 saturated carbocycles. The molecule has 13 heavy (non-hydrogen) atoms. The lowest BCUT2D eigenvalue weighted by Crippen LogP contribution is -2.39. The molecule has 0 saturated heterocycles. The monoisotopic (exact) mass is 187 g/mol. The van der Waals surface area contributed by atoms with Crippen LogP contribution in [0.25, 0.3) is 0 Å². The predicted octanol–water partition coefficient (Wildman–Crippen LogP) is 0.605. The van der Waals surface area contributed by atoms with Gasteiger partial charge in [0.05, 0.1) is 5.60 Å². The largest absolute Gasteiger partial charge is 0.480 e. The Kier molecular flexibility index (Phi) is 3.27. The molecule has 1 aliphatic rings. The van der Waals surface area contributed by atoms with Gasteiger partial charge in [0.1, 0.15) is 6.61 Å². The summed E-state index contributed by atoms with van der Waals surface area (Å²) in [5.41, 5.74) is 5.24. The Bertz CT molecular complexity index is 195. The lowest BCUT2D eigenvalue weighted by atomic mass is 10.0. The molecule has 4 nitrogen and oxygen atoms in total. The van der Waals surface area contributed by atoms with E-state index in [9.17, 15) is 4.79 Å². The Morgan fingerprint density at radius 1 is 1.77 bits per heavy atom. The number of hydrogen-bond donors (Lipinski definition) is 2. The molecule has 0 amide bonds. The number of rotatable bonds is 4. The average Bonchev–Trinajstić information content (AvgIpc) is 2.45. The summed E-state index contributed by atoms with van der Waals surface area (Å²) < 4.78 is 5.35. The van der Waals surface area contributed by atoms with Gasteiger partial charge in [-0.05, 0) is 25.2 Å². The predicted molar refractivity (Wildman–Crippen MR) is 48.4 cm³/mol. The van der Waals surface area contributed by atoms with Crippen LogP contribution in [0.4, 0.5) is 0 Å². The molecule has 1 rings (SSSR count). The van der Waals surface area contributed by atoms with Gasteiger partial charge in [0, 0.05) is 6.54 Å². The molecule has 0 aliphatic heterocycles. The smallest absolute Gasteiger partial charge is 0.329 e. The van der Waals surface area contributed by atoms with Gasteiger partial charge in [0.2, 0.25) is 0 Å². The Balaban J connectivity index is 2.46. The van der Waals surface area contributed by atoms with Gasteiger partial charge in [-0.15, -0.1) is 0 Å². The molecule has 0 bridgehead atoms. The average molecular weight is 187 g/mol. The van der Waals surface area contributed by atoms with E-state index in [-0.39, 0.29) is 12.2 Å². The first-order valence-corrected chi connectivity index (χ1v) is 4.64. The minimum atomic E-state index is -0.924. The Morgan fingerprint density at radius 2 is 2.46 bits per heavy atom. The third kappa shape index (κ3) is 2.67. The van der Waals surface area contributed by atoms with Crippen LogP contribution < -0.4 is 5.73 Å².